The molecule has 0 heterocycles. The summed E-state index contributed by atoms with van der Waals surface area (Å²) in [6, 6.07) is 12.6. The van der Waals surface area contributed by atoms with Gasteiger partial charge in [0.05, 0.1) is 17.0 Å². The highest BCUT2D eigenvalue weighted by Crippen LogP contribution is 2.22. The molecule has 2 N–H and O–H groups in total. The van der Waals surface area contributed by atoms with Crippen LogP contribution >= 0.6 is 0 Å². The van der Waals surface area contributed by atoms with E-state index < -0.39 is 27.4 Å². The maximum absolute atomic E-state index is 14.0. The molecule has 122 valence electrons. The molecule has 0 aliphatic rings. The lowest BCUT2D eigenvalue weighted by molar-refractivity contribution is 0.0692. The molecule has 2 aromatic rings. The molecule has 0 radical (unpaired) electrons. The summed E-state index contributed by atoms with van der Waals surface area (Å²) in [5, 5.41) is 8.87. The van der Waals surface area contributed by atoms with Gasteiger partial charge in [-0.05, 0) is 23.6 Å². The standard InChI is InChI=1S/C16H16FNO4S/c1-11(12-6-3-2-4-7-12)10-23(21,22)18-14-9-5-8-13(15(14)17)16(19)20/h2-9,11,18H,10H2,1H3,(H,19,20). The molecule has 1 atom stereocenters. The van der Waals surface area contributed by atoms with E-state index in [2.05, 4.69) is 4.72 Å². The first-order valence-corrected chi connectivity index (χ1v) is 8.52. The second-order valence-electron chi connectivity index (χ2n) is 5.17. The van der Waals surface area contributed by atoms with Crippen LogP contribution in [0.4, 0.5) is 10.1 Å². The zero-order valence-corrected chi connectivity index (χ0v) is 13.2. The molecular weight excluding hydrogens is 321 g/mol. The number of aromatic carboxylic acids is 1. The third-order valence-corrected chi connectivity index (χ3v) is 4.80. The number of carboxylic acid groups (broad SMARTS) is 1. The van der Waals surface area contributed by atoms with Crippen molar-refractivity contribution in [3.63, 3.8) is 0 Å². The van der Waals surface area contributed by atoms with Crippen LogP contribution in [0.1, 0.15) is 28.8 Å². The second kappa shape index (κ2) is 6.78. The summed E-state index contributed by atoms with van der Waals surface area (Å²) in [4.78, 5) is 10.9. The Morgan fingerprint density at radius 3 is 2.43 bits per heavy atom. The molecule has 0 aliphatic carbocycles. The van der Waals surface area contributed by atoms with Gasteiger partial charge in [-0.1, -0.05) is 43.3 Å². The Labute approximate surface area is 133 Å². The van der Waals surface area contributed by atoms with Crippen molar-refractivity contribution in [3.8, 4) is 0 Å². The Hall–Kier alpha value is -2.41. The summed E-state index contributed by atoms with van der Waals surface area (Å²) in [6.07, 6.45) is 0. The first-order chi connectivity index (χ1) is 10.8. The largest absolute Gasteiger partial charge is 0.478 e. The summed E-state index contributed by atoms with van der Waals surface area (Å²) in [5.74, 6) is -3.09. The van der Waals surface area contributed by atoms with Gasteiger partial charge in [0.1, 0.15) is 0 Å². The van der Waals surface area contributed by atoms with Crippen LogP contribution in [0.25, 0.3) is 0 Å². The van der Waals surface area contributed by atoms with Gasteiger partial charge in [-0.3, -0.25) is 4.72 Å². The number of halogens is 1. The van der Waals surface area contributed by atoms with Gasteiger partial charge in [0.2, 0.25) is 10.0 Å². The van der Waals surface area contributed by atoms with E-state index in [4.69, 9.17) is 5.11 Å². The number of carboxylic acids is 1. The van der Waals surface area contributed by atoms with Crippen LogP contribution in [-0.2, 0) is 10.0 Å². The monoisotopic (exact) mass is 337 g/mol. The van der Waals surface area contributed by atoms with Gasteiger partial charge in [0.25, 0.3) is 0 Å². The Balaban J connectivity index is 2.19. The number of carbonyl (C=O) groups is 1. The topological polar surface area (TPSA) is 83.5 Å². The molecule has 0 aliphatic heterocycles. The summed E-state index contributed by atoms with van der Waals surface area (Å²) >= 11 is 0. The van der Waals surface area contributed by atoms with Gasteiger partial charge >= 0.3 is 5.97 Å². The zero-order valence-electron chi connectivity index (χ0n) is 12.4. The lowest BCUT2D eigenvalue weighted by atomic mass is 10.0. The number of anilines is 1. The molecule has 0 aromatic heterocycles. The lowest BCUT2D eigenvalue weighted by Gasteiger charge is -2.14. The minimum Gasteiger partial charge on any atom is -0.478 e. The second-order valence-corrected chi connectivity index (χ2v) is 6.93. The van der Waals surface area contributed by atoms with Crippen molar-refractivity contribution in [3.05, 3.63) is 65.5 Å². The van der Waals surface area contributed by atoms with Gasteiger partial charge in [-0.15, -0.1) is 0 Å². The lowest BCUT2D eigenvalue weighted by Crippen LogP contribution is -2.21. The fourth-order valence-electron chi connectivity index (χ4n) is 2.19. The number of nitrogens with one attached hydrogen (secondary N) is 1. The molecule has 1 unspecified atom stereocenters. The first-order valence-electron chi connectivity index (χ1n) is 6.87. The van der Waals surface area contributed by atoms with Crippen LogP contribution in [0.5, 0.6) is 0 Å². The predicted molar refractivity (Wildman–Crippen MR) is 85.6 cm³/mol. The van der Waals surface area contributed by atoms with Crippen molar-refractivity contribution < 1.29 is 22.7 Å². The Kier molecular flexibility index (Phi) is 5.00. The normalized spacial score (nSPS) is 12.6. The van der Waals surface area contributed by atoms with E-state index in [9.17, 15) is 17.6 Å². The number of hydrogen-bond donors (Lipinski definition) is 2. The van der Waals surface area contributed by atoms with Crippen LogP contribution < -0.4 is 4.72 Å². The van der Waals surface area contributed by atoms with Gasteiger partial charge in [-0.25, -0.2) is 17.6 Å². The van der Waals surface area contributed by atoms with Crippen LogP contribution in [0.3, 0.4) is 0 Å². The highest BCUT2D eigenvalue weighted by Gasteiger charge is 2.21. The van der Waals surface area contributed by atoms with Crippen molar-refractivity contribution in [1.82, 2.24) is 0 Å². The van der Waals surface area contributed by atoms with Gasteiger partial charge in [0.15, 0.2) is 5.82 Å². The van der Waals surface area contributed by atoms with Gasteiger partial charge < -0.3 is 5.11 Å². The molecule has 0 fully saturated rings. The van der Waals surface area contributed by atoms with E-state index in [0.29, 0.717) is 0 Å². The third kappa shape index (κ3) is 4.29. The minimum absolute atomic E-state index is 0.242. The number of rotatable bonds is 6. The molecule has 23 heavy (non-hydrogen) atoms. The van der Waals surface area contributed by atoms with Gasteiger partial charge in [-0.2, -0.15) is 0 Å². The summed E-state index contributed by atoms with van der Waals surface area (Å²) in [7, 11) is -3.83. The summed E-state index contributed by atoms with van der Waals surface area (Å²) in [6.45, 7) is 1.75. The molecular formula is C16H16FNO4S. The van der Waals surface area contributed by atoms with Crippen LogP contribution in [0, 0.1) is 5.82 Å². The number of hydrogen-bond acceptors (Lipinski definition) is 3. The molecule has 2 rings (SSSR count). The minimum atomic E-state index is -3.83. The fourth-order valence-corrected chi connectivity index (χ4v) is 3.62. The van der Waals surface area contributed by atoms with Crippen molar-refractivity contribution in [2.45, 2.75) is 12.8 Å². The molecule has 0 amide bonds. The Morgan fingerprint density at radius 1 is 1.17 bits per heavy atom. The molecule has 5 nitrogen and oxygen atoms in total. The van der Waals surface area contributed by atoms with Crippen LogP contribution in [-0.4, -0.2) is 25.2 Å². The molecule has 0 saturated heterocycles. The predicted octanol–water partition coefficient (Wildman–Crippen LogP) is 3.07. The van der Waals surface area contributed by atoms with E-state index in [1.807, 2.05) is 30.3 Å². The highest BCUT2D eigenvalue weighted by atomic mass is 32.2. The summed E-state index contributed by atoms with van der Waals surface area (Å²) < 4.78 is 40.5. The van der Waals surface area contributed by atoms with Crippen LogP contribution in [0.2, 0.25) is 0 Å². The smallest absolute Gasteiger partial charge is 0.338 e. The van der Waals surface area contributed by atoms with E-state index in [-0.39, 0.29) is 17.4 Å². The van der Waals surface area contributed by atoms with E-state index >= 15 is 0 Å². The van der Waals surface area contributed by atoms with Crippen molar-refractivity contribution in [2.75, 3.05) is 10.5 Å². The summed E-state index contributed by atoms with van der Waals surface area (Å²) in [5.41, 5.74) is -0.107. The van der Waals surface area contributed by atoms with Crippen molar-refractivity contribution in [2.24, 2.45) is 0 Å². The quantitative estimate of drug-likeness (QED) is 0.848. The number of benzene rings is 2. The van der Waals surface area contributed by atoms with E-state index in [1.165, 1.54) is 12.1 Å². The van der Waals surface area contributed by atoms with Crippen molar-refractivity contribution >= 4 is 21.7 Å². The number of sulfonamides is 1. The van der Waals surface area contributed by atoms with Gasteiger partial charge in [0, 0.05) is 0 Å². The zero-order chi connectivity index (χ0) is 17.0. The molecule has 2 aromatic carbocycles. The fraction of sp³-hybridized carbons (Fsp3) is 0.188. The molecule has 7 heteroatoms. The first kappa shape index (κ1) is 17.0. The van der Waals surface area contributed by atoms with E-state index in [1.54, 1.807) is 6.92 Å². The average molecular weight is 337 g/mol. The SMILES string of the molecule is CC(CS(=O)(=O)Nc1cccc(C(=O)O)c1F)c1ccccc1. The van der Waals surface area contributed by atoms with E-state index in [0.717, 1.165) is 11.6 Å². The van der Waals surface area contributed by atoms with Crippen molar-refractivity contribution in [1.29, 1.82) is 0 Å². The maximum Gasteiger partial charge on any atom is 0.338 e. The molecule has 0 saturated carbocycles. The molecule has 0 spiro atoms. The Bertz CT molecular complexity index is 806. The Morgan fingerprint density at radius 2 is 1.83 bits per heavy atom. The highest BCUT2D eigenvalue weighted by molar-refractivity contribution is 7.92. The third-order valence-electron chi connectivity index (χ3n) is 3.33. The average Bonchev–Trinajstić information content (AvgIpc) is 2.49. The maximum atomic E-state index is 14.0. The molecule has 0 bridgehead atoms. The van der Waals surface area contributed by atoms with Crippen LogP contribution in [0.15, 0.2) is 48.5 Å².